The van der Waals surface area contributed by atoms with E-state index in [9.17, 15) is 9.90 Å². The fraction of sp³-hybridized carbons (Fsp3) is 0.962. The number of nitrogens with zero attached hydrogens (tertiary/aromatic N) is 1. The summed E-state index contributed by atoms with van der Waals surface area (Å²) in [5.41, 5.74) is 0. The van der Waals surface area contributed by atoms with Crippen LogP contribution >= 0.6 is 0 Å². The largest absolute Gasteiger partial charge is 1.00 e. The van der Waals surface area contributed by atoms with Gasteiger partial charge in [0.25, 0.3) is 0 Å². The fourth-order valence-electron chi connectivity index (χ4n) is 4.09. The van der Waals surface area contributed by atoms with Crippen LogP contribution in [-0.4, -0.2) is 30.5 Å². The van der Waals surface area contributed by atoms with Crippen molar-refractivity contribution in [1.82, 2.24) is 4.90 Å². The van der Waals surface area contributed by atoms with Gasteiger partial charge in [0.15, 0.2) is 0 Å². The third-order valence-corrected chi connectivity index (χ3v) is 6.33. The van der Waals surface area contributed by atoms with Crippen molar-refractivity contribution >= 4 is 5.97 Å². The fourth-order valence-corrected chi connectivity index (χ4v) is 4.09. The maximum atomic E-state index is 11.1. The Kier molecular flexibility index (Phi) is 25.4. The zero-order valence-corrected chi connectivity index (χ0v) is 21.4. The molecule has 0 N–H and O–H groups in total. The molecule has 0 saturated carbocycles. The Bertz CT molecular complexity index is 339. The first kappa shape index (κ1) is 32.2. The molecule has 3 nitrogen and oxygen atoms in total. The molecule has 0 rings (SSSR count). The number of rotatable bonds is 22. The van der Waals surface area contributed by atoms with Crippen LogP contribution in [0, 0.1) is 11.8 Å². The summed E-state index contributed by atoms with van der Waals surface area (Å²) in [6.45, 7) is 11.1. The normalized spacial score (nSPS) is 13.2. The minimum Gasteiger partial charge on any atom is -0.549 e. The van der Waals surface area contributed by atoms with E-state index in [1.165, 1.54) is 89.9 Å². The van der Waals surface area contributed by atoms with Crippen molar-refractivity contribution in [3.05, 3.63) is 0 Å². The van der Waals surface area contributed by atoms with Gasteiger partial charge < -0.3 is 9.90 Å². The Morgan fingerprint density at radius 3 is 1.40 bits per heavy atom. The van der Waals surface area contributed by atoms with Crippen molar-refractivity contribution in [2.24, 2.45) is 11.8 Å². The molecular formula is C26H52LiNO2. The molecule has 0 amide bonds. The topological polar surface area (TPSA) is 43.4 Å². The van der Waals surface area contributed by atoms with Crippen molar-refractivity contribution in [1.29, 1.82) is 0 Å². The quantitative estimate of drug-likeness (QED) is 0.200. The van der Waals surface area contributed by atoms with E-state index in [4.69, 9.17) is 0 Å². The van der Waals surface area contributed by atoms with Crippen molar-refractivity contribution in [2.75, 3.05) is 19.6 Å². The number of aliphatic carboxylic acids is 1. The zero-order chi connectivity index (χ0) is 21.7. The summed E-state index contributed by atoms with van der Waals surface area (Å²) in [5, 5.41) is 11.1. The van der Waals surface area contributed by atoms with Crippen LogP contribution in [-0.2, 0) is 4.79 Å². The summed E-state index contributed by atoms with van der Waals surface area (Å²) in [6, 6.07) is 0. The van der Waals surface area contributed by atoms with E-state index in [0.717, 1.165) is 25.9 Å². The average Bonchev–Trinajstić information content (AvgIpc) is 2.69. The Balaban J connectivity index is 0. The van der Waals surface area contributed by atoms with Crippen LogP contribution in [0.15, 0.2) is 0 Å². The summed E-state index contributed by atoms with van der Waals surface area (Å²) in [4.78, 5) is 13.3. The minimum absolute atomic E-state index is 0. The molecule has 30 heavy (non-hydrogen) atoms. The second-order valence-electron chi connectivity index (χ2n) is 9.55. The van der Waals surface area contributed by atoms with Crippen LogP contribution in [0.1, 0.15) is 130 Å². The van der Waals surface area contributed by atoms with E-state index in [0.29, 0.717) is 11.8 Å². The SMILES string of the molecule is CCCCCCCCC(C)CCN(CCC(C)CCCCCCCC)CC(=O)[O-].[Li+]. The minimum atomic E-state index is -0.933. The van der Waals surface area contributed by atoms with E-state index < -0.39 is 5.97 Å². The summed E-state index contributed by atoms with van der Waals surface area (Å²) in [6.07, 6.45) is 20.9. The maximum absolute atomic E-state index is 11.1. The standard InChI is InChI=1S/C26H53NO2.Li/c1-5-7-9-11-13-15-17-24(3)19-21-27(23-26(28)29)22-20-25(4)18-16-14-12-10-8-6-2;/h24-25H,5-23H2,1-4H3,(H,28,29);/q;+1/p-1. The molecule has 2 atom stereocenters. The molecule has 0 aromatic rings. The third-order valence-electron chi connectivity index (χ3n) is 6.33. The number of carboxylic acids is 1. The summed E-state index contributed by atoms with van der Waals surface area (Å²) < 4.78 is 0. The Morgan fingerprint density at radius 2 is 1.03 bits per heavy atom. The van der Waals surface area contributed by atoms with Gasteiger partial charge in [-0.3, -0.25) is 4.90 Å². The van der Waals surface area contributed by atoms with Crippen LogP contribution < -0.4 is 24.0 Å². The molecule has 0 aromatic heterocycles. The molecule has 0 aliphatic heterocycles. The van der Waals surface area contributed by atoms with Crippen molar-refractivity contribution in [3.63, 3.8) is 0 Å². The second-order valence-corrected chi connectivity index (χ2v) is 9.55. The van der Waals surface area contributed by atoms with Gasteiger partial charge in [0.05, 0.1) is 5.97 Å². The van der Waals surface area contributed by atoms with Gasteiger partial charge in [-0.2, -0.15) is 0 Å². The molecule has 4 heteroatoms. The summed E-state index contributed by atoms with van der Waals surface area (Å²) >= 11 is 0. The Labute approximate surface area is 201 Å². The molecule has 0 aliphatic carbocycles. The van der Waals surface area contributed by atoms with E-state index in [1.807, 2.05) is 0 Å². The van der Waals surface area contributed by atoms with E-state index in [1.54, 1.807) is 0 Å². The van der Waals surface area contributed by atoms with Crippen molar-refractivity contribution in [3.8, 4) is 0 Å². The van der Waals surface area contributed by atoms with Crippen molar-refractivity contribution in [2.45, 2.75) is 130 Å². The van der Waals surface area contributed by atoms with Gasteiger partial charge in [0, 0.05) is 6.54 Å². The molecule has 0 saturated heterocycles. The molecule has 0 aliphatic rings. The molecule has 174 valence electrons. The van der Waals surface area contributed by atoms with Crippen LogP contribution in [0.3, 0.4) is 0 Å². The number of unbranched alkanes of at least 4 members (excludes halogenated alkanes) is 10. The molecule has 0 spiro atoms. The average molecular weight is 418 g/mol. The first-order valence-corrected chi connectivity index (χ1v) is 12.9. The molecule has 0 fully saturated rings. The van der Waals surface area contributed by atoms with E-state index in [2.05, 4.69) is 32.6 Å². The van der Waals surface area contributed by atoms with Gasteiger partial charge in [0.2, 0.25) is 0 Å². The van der Waals surface area contributed by atoms with Gasteiger partial charge in [0.1, 0.15) is 0 Å². The monoisotopic (exact) mass is 417 g/mol. The molecule has 0 aromatic carbocycles. The Morgan fingerprint density at radius 1 is 0.667 bits per heavy atom. The summed E-state index contributed by atoms with van der Waals surface area (Å²) in [7, 11) is 0. The number of carbonyl (C=O) groups is 1. The molecule has 2 unspecified atom stereocenters. The first-order chi connectivity index (χ1) is 14.0. The number of carbonyl (C=O) groups excluding carboxylic acids is 1. The predicted octanol–water partition coefficient (Wildman–Crippen LogP) is 3.60. The van der Waals surface area contributed by atoms with Crippen LogP contribution in [0.2, 0.25) is 0 Å². The number of hydrogen-bond acceptors (Lipinski definition) is 3. The molecular weight excluding hydrogens is 365 g/mol. The van der Waals surface area contributed by atoms with Gasteiger partial charge >= 0.3 is 18.9 Å². The smallest absolute Gasteiger partial charge is 0.549 e. The molecule has 0 radical (unpaired) electrons. The third kappa shape index (κ3) is 22.7. The second kappa shape index (κ2) is 23.7. The van der Waals surface area contributed by atoms with Gasteiger partial charge in [-0.05, 0) is 37.8 Å². The van der Waals surface area contributed by atoms with Gasteiger partial charge in [-0.1, -0.05) is 118 Å². The van der Waals surface area contributed by atoms with Crippen LogP contribution in [0.5, 0.6) is 0 Å². The molecule has 0 heterocycles. The van der Waals surface area contributed by atoms with Crippen molar-refractivity contribution < 1.29 is 28.8 Å². The molecule has 0 bridgehead atoms. The van der Waals surface area contributed by atoms with Crippen LogP contribution in [0.25, 0.3) is 0 Å². The first-order valence-electron chi connectivity index (χ1n) is 12.9. The maximum Gasteiger partial charge on any atom is 1.00 e. The van der Waals surface area contributed by atoms with Gasteiger partial charge in [-0.15, -0.1) is 0 Å². The van der Waals surface area contributed by atoms with E-state index in [-0.39, 0.29) is 25.4 Å². The number of hydrogen-bond donors (Lipinski definition) is 0. The predicted molar refractivity (Wildman–Crippen MR) is 125 cm³/mol. The number of carboxylic acid groups (broad SMARTS) is 1. The summed E-state index contributed by atoms with van der Waals surface area (Å²) in [5.74, 6) is 0.439. The van der Waals surface area contributed by atoms with E-state index >= 15 is 0 Å². The zero-order valence-electron chi connectivity index (χ0n) is 21.4. The van der Waals surface area contributed by atoms with Crippen LogP contribution in [0.4, 0.5) is 0 Å². The van der Waals surface area contributed by atoms with Gasteiger partial charge in [-0.25, -0.2) is 0 Å². The Hall–Kier alpha value is 0.0274.